The maximum Gasteiger partial charge on any atom is 0.249 e. The third-order valence-corrected chi connectivity index (χ3v) is 5.63. The number of aliphatic hydroxyl groups is 1. The molecule has 5 heteroatoms. The lowest BCUT2D eigenvalue weighted by Gasteiger charge is -2.39. The zero-order valence-electron chi connectivity index (χ0n) is 15.5. The first kappa shape index (κ1) is 17.3. The van der Waals surface area contributed by atoms with E-state index in [0.29, 0.717) is 5.92 Å². The number of rotatable bonds is 4. The monoisotopic (exact) mass is 353 g/mol. The number of hydrogen-bond donors (Lipinski definition) is 2. The number of nitrogens with zero attached hydrogens (tertiary/aromatic N) is 2. The van der Waals surface area contributed by atoms with Crippen LogP contribution in [0.3, 0.4) is 0 Å². The fraction of sp³-hybridized carbons (Fsp3) is 0.524. The molecular weight excluding hydrogens is 326 g/mol. The third-order valence-electron chi connectivity index (χ3n) is 5.63. The van der Waals surface area contributed by atoms with Crippen LogP contribution in [-0.2, 0) is 4.79 Å². The Morgan fingerprint density at radius 2 is 2.12 bits per heavy atom. The average Bonchev–Trinajstić information content (AvgIpc) is 3.46. The minimum absolute atomic E-state index is 0.0627. The summed E-state index contributed by atoms with van der Waals surface area (Å²) >= 11 is 0. The zero-order chi connectivity index (χ0) is 18.3. The minimum atomic E-state index is -0.843. The number of amides is 1. The van der Waals surface area contributed by atoms with Crippen molar-refractivity contribution >= 4 is 22.5 Å². The standard InChI is InChI=1S/C21H27N3O2/c1-13-10-16(23-21(26)20(25)15-6-7-15)12-24(11-13)18-8-5-14(2)19-17(18)4-3-9-22-19/h3-5,8-9,13,15-16,20,25H,6-7,10-12H2,1-2H3,(H,23,26)/t13-,16+,20?/m0/s1. The first-order valence-electron chi connectivity index (χ1n) is 9.60. The highest BCUT2D eigenvalue weighted by Gasteiger charge is 2.36. The summed E-state index contributed by atoms with van der Waals surface area (Å²) in [6.45, 7) is 6.03. The molecule has 0 spiro atoms. The Morgan fingerprint density at radius 1 is 1.31 bits per heavy atom. The molecule has 1 amide bonds. The van der Waals surface area contributed by atoms with Gasteiger partial charge >= 0.3 is 0 Å². The second kappa shape index (κ2) is 6.88. The van der Waals surface area contributed by atoms with Crippen molar-refractivity contribution in [2.24, 2.45) is 11.8 Å². The number of carbonyl (C=O) groups excluding carboxylic acids is 1. The number of nitrogens with one attached hydrogen (secondary N) is 1. The van der Waals surface area contributed by atoms with Crippen LogP contribution in [0.15, 0.2) is 30.5 Å². The van der Waals surface area contributed by atoms with Gasteiger partial charge in [0.25, 0.3) is 0 Å². The van der Waals surface area contributed by atoms with Gasteiger partial charge in [0.15, 0.2) is 0 Å². The Labute approximate surface area is 154 Å². The zero-order valence-corrected chi connectivity index (χ0v) is 15.5. The SMILES string of the molecule is Cc1ccc(N2C[C@@H](C)C[C@@H](NC(=O)C(O)C3CC3)C2)c2cccnc12. The number of aromatic nitrogens is 1. The van der Waals surface area contributed by atoms with Crippen molar-refractivity contribution < 1.29 is 9.90 Å². The molecule has 1 aromatic carbocycles. The van der Waals surface area contributed by atoms with Gasteiger partial charge in [0.05, 0.1) is 5.52 Å². The summed E-state index contributed by atoms with van der Waals surface area (Å²) in [7, 11) is 0. The molecule has 4 rings (SSSR count). The molecule has 1 aliphatic carbocycles. The van der Waals surface area contributed by atoms with E-state index < -0.39 is 6.10 Å². The second-order valence-electron chi connectivity index (χ2n) is 8.03. The molecule has 2 N–H and O–H groups in total. The summed E-state index contributed by atoms with van der Waals surface area (Å²) in [5, 5.41) is 14.3. The molecule has 26 heavy (non-hydrogen) atoms. The highest BCUT2D eigenvalue weighted by molar-refractivity contribution is 5.93. The van der Waals surface area contributed by atoms with Crippen LogP contribution in [0.2, 0.25) is 0 Å². The smallest absolute Gasteiger partial charge is 0.249 e. The van der Waals surface area contributed by atoms with Crippen LogP contribution in [0.5, 0.6) is 0 Å². The summed E-state index contributed by atoms with van der Waals surface area (Å²) in [6.07, 6.45) is 3.86. The molecule has 1 saturated carbocycles. The molecule has 2 aliphatic rings. The Hall–Kier alpha value is -2.14. The van der Waals surface area contributed by atoms with E-state index in [0.717, 1.165) is 43.3 Å². The van der Waals surface area contributed by atoms with Gasteiger partial charge < -0.3 is 15.3 Å². The van der Waals surface area contributed by atoms with Gasteiger partial charge in [-0.2, -0.15) is 0 Å². The Morgan fingerprint density at radius 3 is 2.88 bits per heavy atom. The predicted octanol–water partition coefficient (Wildman–Crippen LogP) is 2.65. The number of piperidine rings is 1. The van der Waals surface area contributed by atoms with Gasteiger partial charge in [0.2, 0.25) is 5.91 Å². The van der Waals surface area contributed by atoms with Gasteiger partial charge in [-0.05, 0) is 61.8 Å². The van der Waals surface area contributed by atoms with Gasteiger partial charge in [-0.3, -0.25) is 9.78 Å². The van der Waals surface area contributed by atoms with Crippen LogP contribution >= 0.6 is 0 Å². The Kier molecular flexibility index (Phi) is 4.57. The van der Waals surface area contributed by atoms with Gasteiger partial charge in [-0.25, -0.2) is 0 Å². The lowest BCUT2D eigenvalue weighted by atomic mass is 9.94. The van der Waals surface area contributed by atoms with Crippen LogP contribution in [0.4, 0.5) is 5.69 Å². The number of hydrogen-bond acceptors (Lipinski definition) is 4. The van der Waals surface area contributed by atoms with Gasteiger partial charge in [-0.1, -0.05) is 13.0 Å². The largest absolute Gasteiger partial charge is 0.383 e. The topological polar surface area (TPSA) is 65.5 Å². The first-order chi connectivity index (χ1) is 12.5. The van der Waals surface area contributed by atoms with E-state index in [-0.39, 0.29) is 17.9 Å². The number of anilines is 1. The molecule has 2 aromatic rings. The normalized spacial score (nSPS) is 24.5. The van der Waals surface area contributed by atoms with E-state index >= 15 is 0 Å². The number of pyridine rings is 1. The van der Waals surface area contributed by atoms with Gasteiger partial charge in [0, 0.05) is 36.4 Å². The molecule has 2 heterocycles. The fourth-order valence-electron chi connectivity index (χ4n) is 4.14. The average molecular weight is 353 g/mol. The lowest BCUT2D eigenvalue weighted by molar-refractivity contribution is -0.131. The first-order valence-corrected chi connectivity index (χ1v) is 9.60. The summed E-state index contributed by atoms with van der Waals surface area (Å²) in [6, 6.07) is 8.44. The summed E-state index contributed by atoms with van der Waals surface area (Å²) in [4.78, 5) is 19.2. The van der Waals surface area contributed by atoms with Crippen molar-refractivity contribution in [1.82, 2.24) is 10.3 Å². The quantitative estimate of drug-likeness (QED) is 0.887. The molecule has 0 bridgehead atoms. The number of aliphatic hydroxyl groups excluding tert-OH is 1. The maximum atomic E-state index is 12.3. The van der Waals surface area contributed by atoms with Crippen LogP contribution in [0.1, 0.15) is 31.7 Å². The molecule has 3 atom stereocenters. The predicted molar refractivity (Wildman–Crippen MR) is 103 cm³/mol. The summed E-state index contributed by atoms with van der Waals surface area (Å²) < 4.78 is 0. The van der Waals surface area contributed by atoms with Gasteiger partial charge in [-0.15, -0.1) is 0 Å². The minimum Gasteiger partial charge on any atom is -0.383 e. The Bertz CT molecular complexity index is 818. The molecule has 5 nitrogen and oxygen atoms in total. The maximum absolute atomic E-state index is 12.3. The molecule has 1 unspecified atom stereocenters. The highest BCUT2D eigenvalue weighted by atomic mass is 16.3. The fourth-order valence-corrected chi connectivity index (χ4v) is 4.14. The summed E-state index contributed by atoms with van der Waals surface area (Å²) in [5.74, 6) is 0.432. The molecular formula is C21H27N3O2. The number of carbonyl (C=O) groups is 1. The van der Waals surface area contributed by atoms with Crippen LogP contribution in [-0.4, -0.2) is 41.2 Å². The van der Waals surface area contributed by atoms with E-state index in [1.54, 1.807) is 0 Å². The number of aryl methyl sites for hydroxylation is 1. The van der Waals surface area contributed by atoms with Crippen LogP contribution < -0.4 is 10.2 Å². The van der Waals surface area contributed by atoms with Crippen molar-refractivity contribution in [3.63, 3.8) is 0 Å². The van der Waals surface area contributed by atoms with Gasteiger partial charge in [0.1, 0.15) is 6.10 Å². The Balaban J connectivity index is 1.55. The lowest BCUT2D eigenvalue weighted by Crippen LogP contribution is -2.52. The van der Waals surface area contributed by atoms with Crippen molar-refractivity contribution in [2.45, 2.75) is 45.3 Å². The molecule has 1 aliphatic heterocycles. The van der Waals surface area contributed by atoms with E-state index in [4.69, 9.17) is 0 Å². The van der Waals surface area contributed by atoms with Crippen molar-refractivity contribution in [3.05, 3.63) is 36.0 Å². The van der Waals surface area contributed by atoms with Crippen molar-refractivity contribution in [3.8, 4) is 0 Å². The summed E-state index contributed by atoms with van der Waals surface area (Å²) in [5.41, 5.74) is 3.38. The third kappa shape index (κ3) is 3.40. The second-order valence-corrected chi connectivity index (χ2v) is 8.03. The van der Waals surface area contributed by atoms with E-state index in [9.17, 15) is 9.90 Å². The van der Waals surface area contributed by atoms with E-state index in [1.165, 1.54) is 11.3 Å². The molecule has 2 fully saturated rings. The molecule has 1 saturated heterocycles. The van der Waals surface area contributed by atoms with Crippen LogP contribution in [0.25, 0.3) is 10.9 Å². The van der Waals surface area contributed by atoms with E-state index in [1.807, 2.05) is 12.3 Å². The molecule has 0 radical (unpaired) electrons. The molecule has 1 aromatic heterocycles. The highest BCUT2D eigenvalue weighted by Crippen LogP contribution is 2.33. The van der Waals surface area contributed by atoms with Crippen molar-refractivity contribution in [2.75, 3.05) is 18.0 Å². The van der Waals surface area contributed by atoms with E-state index in [2.05, 4.69) is 47.2 Å². The number of benzene rings is 1. The molecule has 138 valence electrons. The van der Waals surface area contributed by atoms with Crippen molar-refractivity contribution in [1.29, 1.82) is 0 Å². The van der Waals surface area contributed by atoms with Crippen LogP contribution in [0, 0.1) is 18.8 Å². The number of fused-ring (bicyclic) bond motifs is 1.